The number of ether oxygens (including phenoxy) is 2. The highest BCUT2D eigenvalue weighted by Crippen LogP contribution is 2.32. The van der Waals surface area contributed by atoms with Gasteiger partial charge < -0.3 is 35.8 Å². The molecule has 2 aromatic rings. The van der Waals surface area contributed by atoms with Gasteiger partial charge in [-0.15, -0.1) is 0 Å². The average molecular weight is 428 g/mol. The van der Waals surface area contributed by atoms with Gasteiger partial charge in [0.1, 0.15) is 12.2 Å². The van der Waals surface area contributed by atoms with E-state index in [4.69, 9.17) is 15.2 Å². The molecule has 0 saturated carbocycles. The molecule has 4 atom stereocenters. The van der Waals surface area contributed by atoms with Crippen LogP contribution in [0.4, 0.5) is 0 Å². The minimum Gasteiger partial charge on any atom is -0.465 e. The van der Waals surface area contributed by atoms with Crippen molar-refractivity contribution < 1.29 is 29.6 Å². The topological polar surface area (TPSA) is 134 Å². The lowest BCUT2D eigenvalue weighted by atomic mass is 9.93. The van der Waals surface area contributed by atoms with E-state index in [1.165, 1.54) is 7.11 Å². The van der Waals surface area contributed by atoms with Crippen molar-refractivity contribution in [1.82, 2.24) is 5.32 Å². The lowest BCUT2D eigenvalue weighted by molar-refractivity contribution is -0.179. The zero-order chi connectivity index (χ0) is 22.4. The third kappa shape index (κ3) is 5.62. The van der Waals surface area contributed by atoms with E-state index in [0.717, 1.165) is 11.1 Å². The summed E-state index contributed by atoms with van der Waals surface area (Å²) in [4.78, 5) is 11.6. The van der Waals surface area contributed by atoms with Gasteiger partial charge in [0.15, 0.2) is 0 Å². The van der Waals surface area contributed by atoms with E-state index in [1.807, 2.05) is 6.07 Å². The Hall–Kier alpha value is -2.91. The van der Waals surface area contributed by atoms with E-state index in [0.29, 0.717) is 23.4 Å². The zero-order valence-electron chi connectivity index (χ0n) is 17.3. The molecule has 1 saturated heterocycles. The van der Waals surface area contributed by atoms with Crippen LogP contribution in [0.25, 0.3) is 5.70 Å². The molecule has 3 unspecified atom stereocenters. The summed E-state index contributed by atoms with van der Waals surface area (Å²) in [6, 6.07) is 14.3. The van der Waals surface area contributed by atoms with Crippen molar-refractivity contribution in [2.75, 3.05) is 13.7 Å². The number of esters is 1. The quantitative estimate of drug-likeness (QED) is 0.414. The summed E-state index contributed by atoms with van der Waals surface area (Å²) in [5, 5.41) is 32.7. The molecule has 8 heteroatoms. The third-order valence-electron chi connectivity index (χ3n) is 5.24. The summed E-state index contributed by atoms with van der Waals surface area (Å²) in [5.74, 6) is -0.387. The molecule has 31 heavy (non-hydrogen) atoms. The molecule has 0 spiro atoms. The maximum atomic E-state index is 11.6. The number of aliphatic hydroxyl groups is 3. The van der Waals surface area contributed by atoms with Gasteiger partial charge in [0.2, 0.25) is 0 Å². The van der Waals surface area contributed by atoms with Crippen LogP contribution in [0.5, 0.6) is 0 Å². The van der Waals surface area contributed by atoms with E-state index in [9.17, 15) is 20.1 Å². The van der Waals surface area contributed by atoms with Crippen LogP contribution >= 0.6 is 0 Å². The first kappa shape index (κ1) is 22.8. The van der Waals surface area contributed by atoms with Gasteiger partial charge in [-0.3, -0.25) is 0 Å². The normalized spacial score (nSPS) is 23.9. The van der Waals surface area contributed by atoms with Crippen molar-refractivity contribution in [1.29, 1.82) is 0 Å². The highest BCUT2D eigenvalue weighted by atomic mass is 16.5. The van der Waals surface area contributed by atoms with Crippen molar-refractivity contribution in [2.45, 2.75) is 37.4 Å². The minimum atomic E-state index is -1.07. The predicted octanol–water partition coefficient (Wildman–Crippen LogP) is 1.06. The van der Waals surface area contributed by atoms with Crippen LogP contribution in [0.15, 0.2) is 54.7 Å². The molecule has 3 rings (SSSR count). The Balaban J connectivity index is 1.63. The Morgan fingerprint density at radius 3 is 2.65 bits per heavy atom. The Morgan fingerprint density at radius 1 is 1.23 bits per heavy atom. The maximum absolute atomic E-state index is 11.6. The van der Waals surface area contributed by atoms with Crippen LogP contribution in [0.3, 0.4) is 0 Å². The molecule has 0 amide bonds. The number of methoxy groups -OCH3 is 1. The van der Waals surface area contributed by atoms with Gasteiger partial charge in [-0.1, -0.05) is 36.4 Å². The first-order valence-corrected chi connectivity index (χ1v) is 10.0. The van der Waals surface area contributed by atoms with Crippen molar-refractivity contribution >= 4 is 11.7 Å². The number of hydrogen-bond donors (Lipinski definition) is 5. The van der Waals surface area contributed by atoms with E-state index in [1.54, 1.807) is 48.7 Å². The molecule has 0 aromatic heterocycles. The van der Waals surface area contributed by atoms with Gasteiger partial charge in [0.05, 0.1) is 37.2 Å². The Bertz CT molecular complexity index is 915. The Kier molecular flexibility index (Phi) is 7.64. The molecule has 6 N–H and O–H groups in total. The second-order valence-corrected chi connectivity index (χ2v) is 7.45. The largest absolute Gasteiger partial charge is 0.465 e. The number of carbonyl (C=O) groups is 1. The van der Waals surface area contributed by atoms with Gasteiger partial charge in [-0.2, -0.15) is 0 Å². The lowest BCUT2D eigenvalue weighted by Crippen LogP contribution is -2.44. The fourth-order valence-electron chi connectivity index (χ4n) is 3.50. The van der Waals surface area contributed by atoms with Gasteiger partial charge in [-0.05, 0) is 28.8 Å². The monoisotopic (exact) mass is 428 g/mol. The molecule has 2 aromatic carbocycles. The van der Waals surface area contributed by atoms with Gasteiger partial charge in [0, 0.05) is 19.2 Å². The molecule has 0 bridgehead atoms. The van der Waals surface area contributed by atoms with E-state index in [-0.39, 0.29) is 19.0 Å². The summed E-state index contributed by atoms with van der Waals surface area (Å²) >= 11 is 0. The molecule has 1 fully saturated rings. The molecule has 0 radical (unpaired) electrons. The fourth-order valence-corrected chi connectivity index (χ4v) is 3.50. The summed E-state index contributed by atoms with van der Waals surface area (Å²) in [6.07, 6.45) is -1.39. The minimum absolute atomic E-state index is 0.191. The van der Waals surface area contributed by atoms with Gasteiger partial charge in [0.25, 0.3) is 0 Å². The standard InChI is InChI=1S/C23H28N2O6/c1-30-23(29)17-4-2-3-14(9-17)11-25-12-19(24)15-5-7-16(8-6-15)22-21(28)20(27)10-18(13-26)31-22/h2-9,12,18,20-22,25-28H,10-11,13,24H2,1H3/b19-12-/t18?,20?,21?,22-/m1/s1. The van der Waals surface area contributed by atoms with Crippen molar-refractivity contribution in [3.63, 3.8) is 0 Å². The van der Waals surface area contributed by atoms with Crippen LogP contribution in [0.2, 0.25) is 0 Å². The molecule has 1 heterocycles. The molecule has 1 aliphatic rings. The van der Waals surface area contributed by atoms with Crippen LogP contribution < -0.4 is 11.1 Å². The SMILES string of the molecule is COC(=O)c1cccc(CN/C=C(\N)c2ccc([C@H]3OC(CO)CC(O)C3O)cc2)c1. The van der Waals surface area contributed by atoms with E-state index >= 15 is 0 Å². The van der Waals surface area contributed by atoms with Crippen molar-refractivity contribution in [3.8, 4) is 0 Å². The molecular formula is C23H28N2O6. The predicted molar refractivity (Wildman–Crippen MR) is 115 cm³/mol. The van der Waals surface area contributed by atoms with Crippen LogP contribution in [-0.4, -0.2) is 53.3 Å². The Labute approximate surface area is 180 Å². The summed E-state index contributed by atoms with van der Waals surface area (Å²) in [5.41, 5.74) is 9.50. The summed E-state index contributed by atoms with van der Waals surface area (Å²) < 4.78 is 10.4. The second-order valence-electron chi connectivity index (χ2n) is 7.45. The van der Waals surface area contributed by atoms with Crippen LogP contribution in [0, 0.1) is 0 Å². The molecular weight excluding hydrogens is 400 g/mol. The van der Waals surface area contributed by atoms with Crippen LogP contribution in [-0.2, 0) is 16.0 Å². The van der Waals surface area contributed by atoms with Crippen molar-refractivity contribution in [2.24, 2.45) is 5.73 Å². The van der Waals surface area contributed by atoms with Crippen molar-refractivity contribution in [3.05, 3.63) is 77.0 Å². The van der Waals surface area contributed by atoms with Gasteiger partial charge >= 0.3 is 5.97 Å². The number of benzene rings is 2. The number of nitrogens with one attached hydrogen (secondary N) is 1. The van der Waals surface area contributed by atoms with Gasteiger partial charge in [-0.25, -0.2) is 4.79 Å². The smallest absolute Gasteiger partial charge is 0.337 e. The number of carbonyl (C=O) groups excluding carboxylic acids is 1. The van der Waals surface area contributed by atoms with Crippen LogP contribution in [0.1, 0.15) is 39.6 Å². The number of rotatable bonds is 7. The molecule has 1 aliphatic heterocycles. The summed E-state index contributed by atoms with van der Waals surface area (Å²) in [6.45, 7) is 0.258. The maximum Gasteiger partial charge on any atom is 0.337 e. The lowest BCUT2D eigenvalue weighted by Gasteiger charge is -2.36. The molecule has 0 aliphatic carbocycles. The highest BCUT2D eigenvalue weighted by Gasteiger charge is 2.37. The fraction of sp³-hybridized carbons (Fsp3) is 0.348. The Morgan fingerprint density at radius 2 is 1.97 bits per heavy atom. The second kappa shape index (κ2) is 10.4. The third-order valence-corrected chi connectivity index (χ3v) is 5.24. The number of aliphatic hydroxyl groups excluding tert-OH is 3. The first-order valence-electron chi connectivity index (χ1n) is 10.0. The number of hydrogen-bond acceptors (Lipinski definition) is 8. The molecule has 166 valence electrons. The number of nitrogens with two attached hydrogens (primary N) is 1. The highest BCUT2D eigenvalue weighted by molar-refractivity contribution is 5.89. The first-order chi connectivity index (χ1) is 14.9. The zero-order valence-corrected chi connectivity index (χ0v) is 17.3. The van der Waals surface area contributed by atoms with E-state index in [2.05, 4.69) is 5.32 Å². The molecule has 8 nitrogen and oxygen atoms in total. The average Bonchev–Trinajstić information content (AvgIpc) is 2.80. The van der Waals surface area contributed by atoms with E-state index < -0.39 is 24.4 Å². The summed E-state index contributed by atoms with van der Waals surface area (Å²) in [7, 11) is 1.34.